The van der Waals surface area contributed by atoms with Gasteiger partial charge < -0.3 is 10.0 Å². The van der Waals surface area contributed by atoms with Crippen molar-refractivity contribution in [2.24, 2.45) is 0 Å². The van der Waals surface area contributed by atoms with E-state index in [-0.39, 0.29) is 11.3 Å². The first kappa shape index (κ1) is 14.9. The van der Waals surface area contributed by atoms with Gasteiger partial charge in [-0.05, 0) is 42.5 Å². The van der Waals surface area contributed by atoms with Crippen LogP contribution in [-0.4, -0.2) is 18.1 Å². The molecule has 0 aliphatic heterocycles. The second-order valence-electron chi connectivity index (χ2n) is 4.46. The zero-order chi connectivity index (χ0) is 15.6. The number of hydrogen-bond donors (Lipinski definition) is 1. The zero-order valence-corrected chi connectivity index (χ0v) is 11.1. The number of nitrogens with zero attached hydrogens (tertiary/aromatic N) is 1. The molecular formula is C15H12F3NO2. The summed E-state index contributed by atoms with van der Waals surface area (Å²) >= 11 is 0. The van der Waals surface area contributed by atoms with Crippen LogP contribution in [0.1, 0.15) is 15.9 Å². The van der Waals surface area contributed by atoms with Crippen LogP contribution in [0.2, 0.25) is 0 Å². The first-order valence-electron chi connectivity index (χ1n) is 6.03. The van der Waals surface area contributed by atoms with E-state index in [9.17, 15) is 23.1 Å². The molecule has 2 rings (SSSR count). The van der Waals surface area contributed by atoms with Gasteiger partial charge in [0.15, 0.2) is 0 Å². The van der Waals surface area contributed by atoms with Crippen LogP contribution in [0, 0.1) is 0 Å². The molecule has 0 aromatic heterocycles. The molecule has 6 heteroatoms. The number of phenolic OH excluding ortho intramolecular Hbond substituents is 1. The predicted molar refractivity (Wildman–Crippen MR) is 72.3 cm³/mol. The predicted octanol–water partition coefficient (Wildman–Crippen LogP) is 3.69. The molecule has 0 radical (unpaired) electrons. The maximum absolute atomic E-state index is 12.6. The van der Waals surface area contributed by atoms with Crippen LogP contribution in [-0.2, 0) is 6.18 Å². The Balaban J connectivity index is 2.29. The minimum absolute atomic E-state index is 0.0404. The quantitative estimate of drug-likeness (QED) is 0.918. The van der Waals surface area contributed by atoms with Gasteiger partial charge in [-0.1, -0.05) is 6.07 Å². The van der Waals surface area contributed by atoms with E-state index in [1.807, 2.05) is 0 Å². The normalized spacial score (nSPS) is 11.2. The number of amides is 1. The van der Waals surface area contributed by atoms with Gasteiger partial charge in [0.05, 0.1) is 5.56 Å². The standard InChI is InChI=1S/C15H12F3NO2/c1-19(12-5-7-13(20)8-6-12)14(21)10-3-2-4-11(9-10)15(16,17)18/h2-9,20H,1H3. The average molecular weight is 295 g/mol. The van der Waals surface area contributed by atoms with Crippen molar-refractivity contribution in [1.82, 2.24) is 0 Å². The van der Waals surface area contributed by atoms with E-state index in [1.165, 1.54) is 48.3 Å². The molecule has 21 heavy (non-hydrogen) atoms. The Bertz CT molecular complexity index is 651. The van der Waals surface area contributed by atoms with E-state index in [0.717, 1.165) is 12.1 Å². The molecule has 3 nitrogen and oxygen atoms in total. The Morgan fingerprint density at radius 2 is 1.71 bits per heavy atom. The third-order valence-electron chi connectivity index (χ3n) is 2.98. The summed E-state index contributed by atoms with van der Waals surface area (Å²) in [5.41, 5.74) is -0.455. The van der Waals surface area contributed by atoms with E-state index in [4.69, 9.17) is 0 Å². The van der Waals surface area contributed by atoms with Gasteiger partial charge in [0.2, 0.25) is 0 Å². The van der Waals surface area contributed by atoms with Crippen LogP contribution >= 0.6 is 0 Å². The van der Waals surface area contributed by atoms with Crippen LogP contribution < -0.4 is 4.90 Å². The summed E-state index contributed by atoms with van der Waals surface area (Å²) in [6, 6.07) is 10.0. The lowest BCUT2D eigenvalue weighted by atomic mass is 10.1. The van der Waals surface area contributed by atoms with Gasteiger partial charge in [-0.25, -0.2) is 0 Å². The van der Waals surface area contributed by atoms with Gasteiger partial charge in [-0.3, -0.25) is 4.79 Å². The molecule has 0 saturated heterocycles. The van der Waals surface area contributed by atoms with Crippen molar-refractivity contribution in [3.8, 4) is 5.75 Å². The Kier molecular flexibility index (Phi) is 3.88. The highest BCUT2D eigenvalue weighted by Gasteiger charge is 2.31. The first-order valence-corrected chi connectivity index (χ1v) is 6.03. The number of benzene rings is 2. The van der Waals surface area contributed by atoms with Crippen molar-refractivity contribution >= 4 is 11.6 Å². The largest absolute Gasteiger partial charge is 0.508 e. The molecule has 1 N–H and O–H groups in total. The molecule has 0 unspecified atom stereocenters. The lowest BCUT2D eigenvalue weighted by Gasteiger charge is -2.18. The van der Waals surface area contributed by atoms with Gasteiger partial charge >= 0.3 is 6.18 Å². The summed E-state index contributed by atoms with van der Waals surface area (Å²) in [4.78, 5) is 13.4. The second kappa shape index (κ2) is 5.47. The van der Waals surface area contributed by atoms with E-state index in [0.29, 0.717) is 5.69 Å². The van der Waals surface area contributed by atoms with Crippen molar-refractivity contribution in [3.05, 3.63) is 59.7 Å². The second-order valence-corrected chi connectivity index (χ2v) is 4.46. The fraction of sp³-hybridized carbons (Fsp3) is 0.133. The smallest absolute Gasteiger partial charge is 0.416 e. The van der Waals surface area contributed by atoms with Crippen LogP contribution in [0.25, 0.3) is 0 Å². The molecule has 2 aromatic rings. The highest BCUT2D eigenvalue weighted by atomic mass is 19.4. The number of alkyl halides is 3. The summed E-state index contributed by atoms with van der Waals surface area (Å²) in [7, 11) is 1.45. The molecule has 0 atom stereocenters. The van der Waals surface area contributed by atoms with Gasteiger partial charge in [0, 0.05) is 18.3 Å². The Morgan fingerprint density at radius 1 is 1.10 bits per heavy atom. The number of anilines is 1. The molecule has 0 spiro atoms. The number of carbonyl (C=O) groups excluding carboxylic acids is 1. The summed E-state index contributed by atoms with van der Waals surface area (Å²) in [6.45, 7) is 0. The fourth-order valence-electron chi connectivity index (χ4n) is 1.82. The monoisotopic (exact) mass is 295 g/mol. The maximum atomic E-state index is 12.6. The maximum Gasteiger partial charge on any atom is 0.416 e. The molecule has 0 fully saturated rings. The summed E-state index contributed by atoms with van der Waals surface area (Å²) in [5, 5.41) is 9.19. The summed E-state index contributed by atoms with van der Waals surface area (Å²) in [5.74, 6) is -0.523. The average Bonchev–Trinajstić information content (AvgIpc) is 2.46. The van der Waals surface area contributed by atoms with Crippen molar-refractivity contribution in [2.45, 2.75) is 6.18 Å². The lowest BCUT2D eigenvalue weighted by Crippen LogP contribution is -2.26. The highest BCUT2D eigenvalue weighted by Crippen LogP contribution is 2.30. The third kappa shape index (κ3) is 3.34. The number of phenols is 1. The van der Waals surface area contributed by atoms with Crippen molar-refractivity contribution in [1.29, 1.82) is 0 Å². The number of halogens is 3. The van der Waals surface area contributed by atoms with Crippen LogP contribution in [0.5, 0.6) is 5.75 Å². The number of aromatic hydroxyl groups is 1. The van der Waals surface area contributed by atoms with E-state index in [1.54, 1.807) is 0 Å². The molecule has 0 saturated carbocycles. The van der Waals surface area contributed by atoms with Crippen LogP contribution in [0.3, 0.4) is 0 Å². The SMILES string of the molecule is CN(C(=O)c1cccc(C(F)(F)F)c1)c1ccc(O)cc1. The Hall–Kier alpha value is -2.50. The fourth-order valence-corrected chi connectivity index (χ4v) is 1.82. The van der Waals surface area contributed by atoms with Gasteiger partial charge in [0.1, 0.15) is 5.75 Å². The number of carbonyl (C=O) groups is 1. The van der Waals surface area contributed by atoms with Gasteiger partial charge in [-0.2, -0.15) is 13.2 Å². The van der Waals surface area contributed by atoms with Gasteiger partial charge in [0.25, 0.3) is 5.91 Å². The molecule has 2 aromatic carbocycles. The van der Waals surface area contributed by atoms with E-state index < -0.39 is 17.6 Å². The molecule has 0 aliphatic carbocycles. The molecular weight excluding hydrogens is 283 g/mol. The van der Waals surface area contributed by atoms with Crippen LogP contribution in [0.4, 0.5) is 18.9 Å². The molecule has 1 amide bonds. The zero-order valence-electron chi connectivity index (χ0n) is 11.1. The van der Waals surface area contributed by atoms with Crippen LogP contribution in [0.15, 0.2) is 48.5 Å². The Morgan fingerprint density at radius 3 is 2.29 bits per heavy atom. The molecule has 110 valence electrons. The molecule has 0 aliphatic rings. The number of rotatable bonds is 2. The first-order chi connectivity index (χ1) is 9.79. The molecule has 0 bridgehead atoms. The Labute approximate surface area is 119 Å². The van der Waals surface area contributed by atoms with Crippen molar-refractivity contribution in [2.75, 3.05) is 11.9 Å². The van der Waals surface area contributed by atoms with Crippen molar-refractivity contribution in [3.63, 3.8) is 0 Å². The van der Waals surface area contributed by atoms with E-state index in [2.05, 4.69) is 0 Å². The minimum Gasteiger partial charge on any atom is -0.508 e. The molecule has 0 heterocycles. The van der Waals surface area contributed by atoms with Gasteiger partial charge in [-0.15, -0.1) is 0 Å². The summed E-state index contributed by atoms with van der Waals surface area (Å²) < 4.78 is 37.9. The van der Waals surface area contributed by atoms with E-state index >= 15 is 0 Å². The lowest BCUT2D eigenvalue weighted by molar-refractivity contribution is -0.137. The van der Waals surface area contributed by atoms with Crippen molar-refractivity contribution < 1.29 is 23.1 Å². The highest BCUT2D eigenvalue weighted by molar-refractivity contribution is 6.05. The number of hydrogen-bond acceptors (Lipinski definition) is 2. The third-order valence-corrected chi connectivity index (χ3v) is 2.98. The topological polar surface area (TPSA) is 40.5 Å². The summed E-state index contributed by atoms with van der Waals surface area (Å²) in [6.07, 6.45) is -4.49. The minimum atomic E-state index is -4.49.